The van der Waals surface area contributed by atoms with Crippen LogP contribution in [0.25, 0.3) is 22.3 Å². The van der Waals surface area contributed by atoms with Gasteiger partial charge in [0.25, 0.3) is 0 Å². The van der Waals surface area contributed by atoms with Gasteiger partial charge in [0.1, 0.15) is 17.4 Å². The molecule has 118 valence electrons. The quantitative estimate of drug-likeness (QED) is 0.752. The van der Waals surface area contributed by atoms with E-state index >= 15 is 0 Å². The molecule has 0 unspecified atom stereocenters. The number of hydrogen-bond acceptors (Lipinski definition) is 4. The van der Waals surface area contributed by atoms with Crippen molar-refractivity contribution in [2.75, 3.05) is 5.32 Å². The molecule has 23 heavy (non-hydrogen) atoms. The summed E-state index contributed by atoms with van der Waals surface area (Å²) in [4.78, 5) is 8.98. The lowest BCUT2D eigenvalue weighted by molar-refractivity contribution is 0.477. The Morgan fingerprint density at radius 1 is 1.17 bits per heavy atom. The van der Waals surface area contributed by atoms with Gasteiger partial charge in [-0.1, -0.05) is 19.1 Å². The van der Waals surface area contributed by atoms with Gasteiger partial charge in [-0.2, -0.15) is 0 Å². The Morgan fingerprint density at radius 3 is 2.70 bits per heavy atom. The fourth-order valence-electron chi connectivity index (χ4n) is 2.33. The molecule has 3 aromatic rings. The van der Waals surface area contributed by atoms with Crippen molar-refractivity contribution in [2.24, 2.45) is 0 Å². The molecule has 0 saturated carbocycles. The molecule has 0 aliphatic carbocycles. The van der Waals surface area contributed by atoms with Gasteiger partial charge in [-0.15, -0.1) is 0 Å². The zero-order valence-corrected chi connectivity index (χ0v) is 13.0. The van der Waals surface area contributed by atoms with Crippen molar-refractivity contribution < 1.29 is 9.50 Å². The average Bonchev–Trinajstić information content (AvgIpc) is 2.55. The Hall–Kier alpha value is -2.69. The predicted octanol–water partition coefficient (Wildman–Crippen LogP) is 4.35. The molecule has 5 heteroatoms. The first-order valence-electron chi connectivity index (χ1n) is 7.60. The number of fused-ring (bicyclic) bond motifs is 1. The van der Waals surface area contributed by atoms with Gasteiger partial charge in [0, 0.05) is 11.4 Å². The van der Waals surface area contributed by atoms with Crippen molar-refractivity contribution in [2.45, 2.75) is 26.3 Å². The van der Waals surface area contributed by atoms with Crippen LogP contribution in [-0.2, 0) is 0 Å². The summed E-state index contributed by atoms with van der Waals surface area (Å²) in [6.45, 7) is 4.10. The predicted molar refractivity (Wildman–Crippen MR) is 90.0 cm³/mol. The largest absolute Gasteiger partial charge is 0.507 e. The number of anilines is 1. The van der Waals surface area contributed by atoms with Crippen molar-refractivity contribution in [3.63, 3.8) is 0 Å². The number of hydrogen-bond donors (Lipinski definition) is 2. The molecule has 1 atom stereocenters. The standard InChI is InChI=1S/C18H18FN3O/c1-3-11(2)20-18-14-10-12(19)8-9-15(14)21-17(22-18)13-6-4-5-7-16(13)23/h4-11,23H,3H2,1-2H3,(H,20,21,22)/t11-/m1/s1. The summed E-state index contributed by atoms with van der Waals surface area (Å²) in [5.41, 5.74) is 1.18. The van der Waals surface area contributed by atoms with Crippen LogP contribution >= 0.6 is 0 Å². The van der Waals surface area contributed by atoms with Gasteiger partial charge in [-0.05, 0) is 43.7 Å². The van der Waals surface area contributed by atoms with E-state index in [1.54, 1.807) is 24.3 Å². The number of aromatic nitrogens is 2. The molecule has 1 aromatic heterocycles. The zero-order valence-electron chi connectivity index (χ0n) is 13.0. The van der Waals surface area contributed by atoms with Gasteiger partial charge < -0.3 is 10.4 Å². The number of benzene rings is 2. The molecule has 0 spiro atoms. The third-order valence-corrected chi connectivity index (χ3v) is 3.80. The van der Waals surface area contributed by atoms with Crippen LogP contribution in [0, 0.1) is 5.82 Å². The molecule has 4 nitrogen and oxygen atoms in total. The van der Waals surface area contributed by atoms with Gasteiger partial charge >= 0.3 is 0 Å². The third kappa shape index (κ3) is 3.08. The SMILES string of the molecule is CC[C@@H](C)Nc1nc(-c2ccccc2O)nc2ccc(F)cc12. The van der Waals surface area contributed by atoms with E-state index < -0.39 is 0 Å². The van der Waals surface area contributed by atoms with E-state index in [4.69, 9.17) is 0 Å². The first-order valence-corrected chi connectivity index (χ1v) is 7.60. The third-order valence-electron chi connectivity index (χ3n) is 3.80. The second-order valence-electron chi connectivity index (χ2n) is 5.53. The van der Waals surface area contributed by atoms with E-state index in [-0.39, 0.29) is 17.6 Å². The van der Waals surface area contributed by atoms with Crippen LogP contribution < -0.4 is 5.32 Å². The van der Waals surface area contributed by atoms with Crippen molar-refractivity contribution in [3.05, 3.63) is 48.3 Å². The Kier molecular flexibility index (Phi) is 4.10. The Morgan fingerprint density at radius 2 is 1.96 bits per heavy atom. The van der Waals surface area contributed by atoms with E-state index in [9.17, 15) is 9.50 Å². The van der Waals surface area contributed by atoms with E-state index in [2.05, 4.69) is 22.2 Å². The topological polar surface area (TPSA) is 58.0 Å². The number of phenols is 1. The second kappa shape index (κ2) is 6.20. The molecule has 3 rings (SSSR count). The highest BCUT2D eigenvalue weighted by atomic mass is 19.1. The van der Waals surface area contributed by atoms with Crippen LogP contribution in [-0.4, -0.2) is 21.1 Å². The molecule has 0 saturated heterocycles. The van der Waals surface area contributed by atoms with E-state index in [0.29, 0.717) is 28.1 Å². The number of nitrogens with one attached hydrogen (secondary N) is 1. The molecular formula is C18H18FN3O. The fourth-order valence-corrected chi connectivity index (χ4v) is 2.33. The lowest BCUT2D eigenvalue weighted by Crippen LogP contribution is -2.15. The van der Waals surface area contributed by atoms with Crippen molar-refractivity contribution in [1.29, 1.82) is 0 Å². The molecular weight excluding hydrogens is 293 g/mol. The minimum absolute atomic E-state index is 0.114. The first kappa shape index (κ1) is 15.2. The Bertz CT molecular complexity index is 851. The van der Waals surface area contributed by atoms with Gasteiger partial charge in [0.05, 0.1) is 11.1 Å². The molecule has 0 radical (unpaired) electrons. The van der Waals surface area contributed by atoms with Gasteiger partial charge in [0.2, 0.25) is 0 Å². The summed E-state index contributed by atoms with van der Waals surface area (Å²) in [6, 6.07) is 11.5. The highest BCUT2D eigenvalue weighted by molar-refractivity contribution is 5.91. The lowest BCUT2D eigenvalue weighted by Gasteiger charge is -2.15. The summed E-state index contributed by atoms with van der Waals surface area (Å²) in [7, 11) is 0. The normalized spacial score (nSPS) is 12.3. The summed E-state index contributed by atoms with van der Waals surface area (Å²) < 4.78 is 13.6. The molecule has 1 heterocycles. The molecule has 0 aliphatic heterocycles. The van der Waals surface area contributed by atoms with Crippen LogP contribution in [0.3, 0.4) is 0 Å². The van der Waals surface area contributed by atoms with Crippen LogP contribution in [0.1, 0.15) is 20.3 Å². The van der Waals surface area contributed by atoms with Gasteiger partial charge in [0.15, 0.2) is 5.82 Å². The van der Waals surface area contributed by atoms with Gasteiger partial charge in [-0.3, -0.25) is 0 Å². The minimum Gasteiger partial charge on any atom is -0.507 e. The molecule has 2 aromatic carbocycles. The highest BCUT2D eigenvalue weighted by Gasteiger charge is 2.13. The molecule has 2 N–H and O–H groups in total. The fraction of sp³-hybridized carbons (Fsp3) is 0.222. The summed E-state index contributed by atoms with van der Waals surface area (Å²) in [6.07, 6.45) is 0.909. The zero-order chi connectivity index (χ0) is 16.4. The maximum Gasteiger partial charge on any atom is 0.165 e. The minimum atomic E-state index is -0.330. The van der Waals surface area contributed by atoms with Crippen LogP contribution in [0.4, 0.5) is 10.2 Å². The molecule has 0 fully saturated rings. The van der Waals surface area contributed by atoms with Crippen LogP contribution in [0.5, 0.6) is 5.75 Å². The molecule has 0 bridgehead atoms. The number of para-hydroxylation sites is 1. The highest BCUT2D eigenvalue weighted by Crippen LogP contribution is 2.30. The maximum absolute atomic E-state index is 13.6. The lowest BCUT2D eigenvalue weighted by atomic mass is 10.1. The van der Waals surface area contributed by atoms with E-state index in [1.807, 2.05) is 13.0 Å². The van der Waals surface area contributed by atoms with Crippen LogP contribution in [0.2, 0.25) is 0 Å². The monoisotopic (exact) mass is 311 g/mol. The number of rotatable bonds is 4. The molecule has 0 amide bonds. The number of phenolic OH excluding ortho intramolecular Hbond substituents is 1. The Labute approximate surface area is 134 Å². The smallest absolute Gasteiger partial charge is 0.165 e. The number of aromatic hydroxyl groups is 1. The van der Waals surface area contributed by atoms with Crippen LogP contribution in [0.15, 0.2) is 42.5 Å². The summed E-state index contributed by atoms with van der Waals surface area (Å²) >= 11 is 0. The average molecular weight is 311 g/mol. The summed E-state index contributed by atoms with van der Waals surface area (Å²) in [5.74, 6) is 0.766. The maximum atomic E-state index is 13.6. The second-order valence-corrected chi connectivity index (χ2v) is 5.53. The summed E-state index contributed by atoms with van der Waals surface area (Å²) in [5, 5.41) is 14.0. The number of halogens is 1. The Balaban J connectivity index is 2.21. The van der Waals surface area contributed by atoms with Crippen molar-refractivity contribution in [3.8, 4) is 17.1 Å². The molecule has 0 aliphatic rings. The van der Waals surface area contributed by atoms with E-state index in [1.165, 1.54) is 12.1 Å². The van der Waals surface area contributed by atoms with Gasteiger partial charge in [-0.25, -0.2) is 14.4 Å². The van der Waals surface area contributed by atoms with Crippen molar-refractivity contribution in [1.82, 2.24) is 9.97 Å². The van der Waals surface area contributed by atoms with Crippen molar-refractivity contribution >= 4 is 16.7 Å². The first-order chi connectivity index (χ1) is 11.1. The number of nitrogens with zero attached hydrogens (tertiary/aromatic N) is 2. The van der Waals surface area contributed by atoms with E-state index in [0.717, 1.165) is 6.42 Å².